The maximum absolute atomic E-state index is 13.4. The van der Waals surface area contributed by atoms with Gasteiger partial charge in [-0.3, -0.25) is 5.10 Å². The van der Waals surface area contributed by atoms with E-state index in [9.17, 15) is 8.42 Å². The first kappa shape index (κ1) is 15.0. The van der Waals surface area contributed by atoms with E-state index in [1.54, 1.807) is 25.4 Å². The van der Waals surface area contributed by atoms with Gasteiger partial charge in [0.15, 0.2) is 0 Å². The van der Waals surface area contributed by atoms with Crippen molar-refractivity contribution >= 4 is 26.5 Å². The van der Waals surface area contributed by atoms with Crippen molar-refractivity contribution < 1.29 is 8.42 Å². The van der Waals surface area contributed by atoms with Crippen LogP contribution >= 0.6 is 0 Å². The van der Waals surface area contributed by atoms with Crippen molar-refractivity contribution in [1.82, 2.24) is 14.2 Å². The lowest BCUT2D eigenvalue weighted by molar-refractivity contribution is 0.556. The van der Waals surface area contributed by atoms with Crippen LogP contribution in [0.5, 0.6) is 0 Å². The third-order valence-corrected chi connectivity index (χ3v) is 6.84. The van der Waals surface area contributed by atoms with Crippen LogP contribution in [0.25, 0.3) is 16.5 Å². The Kier molecular flexibility index (Phi) is 3.25. The van der Waals surface area contributed by atoms with Gasteiger partial charge < -0.3 is 0 Å². The number of nitrogens with one attached hydrogen (secondary N) is 1. The van der Waals surface area contributed by atoms with E-state index in [0.29, 0.717) is 11.9 Å². The van der Waals surface area contributed by atoms with E-state index in [1.807, 2.05) is 48.6 Å². The van der Waals surface area contributed by atoms with Crippen molar-refractivity contribution in [2.75, 3.05) is 0 Å². The van der Waals surface area contributed by atoms with Crippen molar-refractivity contribution in [3.05, 3.63) is 72.7 Å². The molecule has 3 aromatic rings. The average molecular weight is 339 g/mol. The standard InChI is InChI=1S/C18H17N3O2S/c1-18(10-4-6-15(13-18)16-8-11-19-20-16)24(22,23)21-12-9-14-5-2-3-7-17(14)21/h2-12H,13H2,1H3,(H,19,20). The van der Waals surface area contributed by atoms with Crippen LogP contribution in [0.15, 0.2) is 67.0 Å². The summed E-state index contributed by atoms with van der Waals surface area (Å²) in [6.07, 6.45) is 9.19. The Morgan fingerprint density at radius 1 is 1.21 bits per heavy atom. The summed E-state index contributed by atoms with van der Waals surface area (Å²) in [5.74, 6) is 0. The van der Waals surface area contributed by atoms with Gasteiger partial charge in [0, 0.05) is 17.8 Å². The first-order chi connectivity index (χ1) is 11.5. The molecule has 5 nitrogen and oxygen atoms in total. The average Bonchev–Trinajstić information content (AvgIpc) is 3.24. The number of nitrogens with zero attached hydrogens (tertiary/aromatic N) is 2. The fourth-order valence-electron chi connectivity index (χ4n) is 3.15. The predicted octanol–water partition coefficient (Wildman–Crippen LogP) is 3.34. The molecule has 1 aliphatic rings. The lowest BCUT2D eigenvalue weighted by atomic mass is 9.93. The molecule has 1 atom stereocenters. The van der Waals surface area contributed by atoms with Crippen LogP contribution < -0.4 is 0 Å². The highest BCUT2D eigenvalue weighted by Crippen LogP contribution is 2.36. The molecular weight excluding hydrogens is 322 g/mol. The van der Waals surface area contributed by atoms with Crippen molar-refractivity contribution in [1.29, 1.82) is 0 Å². The second-order valence-corrected chi connectivity index (χ2v) is 8.46. The Labute approximate surface area is 140 Å². The summed E-state index contributed by atoms with van der Waals surface area (Å²) in [6, 6.07) is 11.2. The second-order valence-electron chi connectivity index (χ2n) is 6.19. The number of aromatic amines is 1. The lowest BCUT2D eigenvalue weighted by Gasteiger charge is -2.29. The van der Waals surface area contributed by atoms with Crippen molar-refractivity contribution in [3.63, 3.8) is 0 Å². The zero-order valence-corrected chi connectivity index (χ0v) is 14.0. The number of hydrogen-bond acceptors (Lipinski definition) is 3. The van der Waals surface area contributed by atoms with Crippen LogP contribution in [0.2, 0.25) is 0 Å². The van der Waals surface area contributed by atoms with Crippen LogP contribution in [-0.2, 0) is 10.0 Å². The Bertz CT molecular complexity index is 1060. The molecule has 0 saturated carbocycles. The summed E-state index contributed by atoms with van der Waals surface area (Å²) < 4.78 is 27.1. The van der Waals surface area contributed by atoms with Crippen LogP contribution in [0.1, 0.15) is 19.0 Å². The molecule has 24 heavy (non-hydrogen) atoms. The molecule has 1 N–H and O–H groups in total. The number of fused-ring (bicyclic) bond motifs is 1. The normalized spacial score (nSPS) is 21.1. The van der Waals surface area contributed by atoms with E-state index in [-0.39, 0.29) is 0 Å². The number of aromatic nitrogens is 3. The number of hydrogen-bond donors (Lipinski definition) is 1. The minimum absolute atomic E-state index is 0.389. The first-order valence-electron chi connectivity index (χ1n) is 7.71. The molecule has 0 spiro atoms. The van der Waals surface area contributed by atoms with Gasteiger partial charge in [-0.1, -0.05) is 36.4 Å². The minimum atomic E-state index is -3.61. The number of benzene rings is 1. The van der Waals surface area contributed by atoms with E-state index in [1.165, 1.54) is 3.97 Å². The molecule has 0 fully saturated rings. The molecule has 2 aromatic heterocycles. The van der Waals surface area contributed by atoms with E-state index < -0.39 is 14.8 Å². The van der Waals surface area contributed by atoms with E-state index in [4.69, 9.17) is 0 Å². The molecule has 1 aliphatic carbocycles. The van der Waals surface area contributed by atoms with E-state index in [0.717, 1.165) is 16.7 Å². The molecule has 2 heterocycles. The van der Waals surface area contributed by atoms with Gasteiger partial charge in [-0.15, -0.1) is 0 Å². The molecule has 4 rings (SSSR count). The number of para-hydroxylation sites is 1. The fourth-order valence-corrected chi connectivity index (χ4v) is 4.84. The third kappa shape index (κ3) is 2.14. The third-order valence-electron chi connectivity index (χ3n) is 4.55. The smallest absolute Gasteiger partial charge is 0.248 e. The maximum Gasteiger partial charge on any atom is 0.248 e. The number of H-pyrrole nitrogens is 1. The van der Waals surface area contributed by atoms with Crippen LogP contribution in [0, 0.1) is 0 Å². The van der Waals surface area contributed by atoms with Gasteiger partial charge in [0.1, 0.15) is 4.75 Å². The minimum Gasteiger partial charge on any atom is -0.278 e. The predicted molar refractivity (Wildman–Crippen MR) is 95.0 cm³/mol. The van der Waals surface area contributed by atoms with Gasteiger partial charge in [-0.05, 0) is 37.1 Å². The summed E-state index contributed by atoms with van der Waals surface area (Å²) in [7, 11) is -3.61. The molecule has 0 aliphatic heterocycles. The number of rotatable bonds is 3. The maximum atomic E-state index is 13.4. The Morgan fingerprint density at radius 2 is 2.04 bits per heavy atom. The molecular formula is C18H17N3O2S. The summed E-state index contributed by atoms with van der Waals surface area (Å²) in [5, 5.41) is 7.77. The highest BCUT2D eigenvalue weighted by molar-refractivity contribution is 7.91. The van der Waals surface area contributed by atoms with Crippen molar-refractivity contribution in [2.45, 2.75) is 18.1 Å². The molecule has 0 bridgehead atoms. The molecule has 0 radical (unpaired) electrons. The van der Waals surface area contributed by atoms with Crippen molar-refractivity contribution in [3.8, 4) is 0 Å². The van der Waals surface area contributed by atoms with Crippen LogP contribution in [0.4, 0.5) is 0 Å². The first-order valence-corrected chi connectivity index (χ1v) is 9.15. The highest BCUT2D eigenvalue weighted by Gasteiger charge is 2.40. The number of allylic oxidation sites excluding steroid dienone is 3. The van der Waals surface area contributed by atoms with Crippen molar-refractivity contribution in [2.24, 2.45) is 0 Å². The molecule has 0 saturated heterocycles. The lowest BCUT2D eigenvalue weighted by Crippen LogP contribution is -2.38. The molecule has 1 unspecified atom stereocenters. The Balaban J connectivity index is 1.80. The Hall–Kier alpha value is -2.60. The zero-order chi connectivity index (χ0) is 16.8. The molecule has 6 heteroatoms. The molecule has 0 amide bonds. The summed E-state index contributed by atoms with van der Waals surface area (Å²) >= 11 is 0. The monoisotopic (exact) mass is 339 g/mol. The second kappa shape index (κ2) is 5.21. The largest absolute Gasteiger partial charge is 0.278 e. The summed E-state index contributed by atoms with van der Waals surface area (Å²) in [5.41, 5.74) is 2.47. The molecule has 1 aromatic carbocycles. The van der Waals surface area contributed by atoms with Gasteiger partial charge >= 0.3 is 0 Å². The quantitative estimate of drug-likeness (QED) is 0.796. The van der Waals surface area contributed by atoms with Gasteiger partial charge in [0.05, 0.1) is 11.2 Å². The zero-order valence-electron chi connectivity index (χ0n) is 13.2. The van der Waals surface area contributed by atoms with Crippen LogP contribution in [-0.4, -0.2) is 27.3 Å². The summed E-state index contributed by atoms with van der Waals surface area (Å²) in [6.45, 7) is 1.76. The SMILES string of the molecule is CC1(S(=O)(=O)n2ccc3ccccc32)C=CC=C(c2ccn[nH]2)C1. The Morgan fingerprint density at radius 3 is 2.83 bits per heavy atom. The van der Waals surface area contributed by atoms with Gasteiger partial charge in [0.25, 0.3) is 0 Å². The van der Waals surface area contributed by atoms with Gasteiger partial charge in [0.2, 0.25) is 10.0 Å². The molecule has 122 valence electrons. The summed E-state index contributed by atoms with van der Waals surface area (Å²) in [4.78, 5) is 0. The van der Waals surface area contributed by atoms with Gasteiger partial charge in [-0.2, -0.15) is 5.10 Å². The topological polar surface area (TPSA) is 67.8 Å². The van der Waals surface area contributed by atoms with Gasteiger partial charge in [-0.25, -0.2) is 12.4 Å². The van der Waals surface area contributed by atoms with E-state index in [2.05, 4.69) is 10.2 Å². The van der Waals surface area contributed by atoms with Crippen LogP contribution in [0.3, 0.4) is 0 Å². The fraction of sp³-hybridized carbons (Fsp3) is 0.167. The van der Waals surface area contributed by atoms with E-state index >= 15 is 0 Å². The highest BCUT2D eigenvalue weighted by atomic mass is 32.2.